The van der Waals surface area contributed by atoms with Crippen LogP contribution >= 0.6 is 11.3 Å². The van der Waals surface area contributed by atoms with Crippen molar-refractivity contribution in [2.24, 2.45) is 0 Å². The summed E-state index contributed by atoms with van der Waals surface area (Å²) in [7, 11) is 0. The van der Waals surface area contributed by atoms with Gasteiger partial charge < -0.3 is 10.6 Å². The van der Waals surface area contributed by atoms with E-state index in [0.29, 0.717) is 0 Å². The summed E-state index contributed by atoms with van der Waals surface area (Å²) >= 11 is 1.74. The predicted molar refractivity (Wildman–Crippen MR) is 66.7 cm³/mol. The Balaban J connectivity index is 1.67. The van der Waals surface area contributed by atoms with E-state index in [1.165, 1.54) is 11.3 Å². The lowest BCUT2D eigenvalue weighted by atomic mass is 10.0. The van der Waals surface area contributed by atoms with E-state index in [0.717, 1.165) is 32.4 Å². The van der Waals surface area contributed by atoms with Gasteiger partial charge in [0.05, 0.1) is 6.04 Å². The molecule has 0 aliphatic carbocycles. The van der Waals surface area contributed by atoms with Crippen LogP contribution in [0.1, 0.15) is 24.1 Å². The summed E-state index contributed by atoms with van der Waals surface area (Å²) in [6.45, 7) is 1.72. The molecule has 1 unspecified atom stereocenters. The molecular formula is C12H18N2OS. The van der Waals surface area contributed by atoms with Gasteiger partial charge >= 0.3 is 0 Å². The third-order valence-corrected chi connectivity index (χ3v) is 3.81. The molecule has 1 aromatic heterocycles. The highest BCUT2D eigenvalue weighted by atomic mass is 32.1. The molecule has 1 atom stereocenters. The van der Waals surface area contributed by atoms with Crippen LogP contribution in [0.5, 0.6) is 0 Å². The summed E-state index contributed by atoms with van der Waals surface area (Å²) in [6, 6.07) is 4.19. The molecule has 0 saturated carbocycles. The van der Waals surface area contributed by atoms with Crippen molar-refractivity contribution >= 4 is 17.2 Å². The molecule has 2 N–H and O–H groups in total. The molecule has 1 aliphatic rings. The van der Waals surface area contributed by atoms with Gasteiger partial charge in [0.15, 0.2) is 0 Å². The molecule has 4 heteroatoms. The van der Waals surface area contributed by atoms with Gasteiger partial charge in [0, 0.05) is 11.4 Å². The van der Waals surface area contributed by atoms with Crippen LogP contribution in [0.3, 0.4) is 0 Å². The first kappa shape index (κ1) is 11.6. The van der Waals surface area contributed by atoms with Gasteiger partial charge in [0.25, 0.3) is 0 Å². The van der Waals surface area contributed by atoms with Crippen LogP contribution < -0.4 is 10.6 Å². The third kappa shape index (κ3) is 3.32. The van der Waals surface area contributed by atoms with Crippen LogP contribution in [0.2, 0.25) is 0 Å². The Morgan fingerprint density at radius 1 is 1.56 bits per heavy atom. The van der Waals surface area contributed by atoms with Crippen molar-refractivity contribution in [3.05, 3.63) is 22.4 Å². The normalized spacial score (nSPS) is 20.6. The Bertz CT molecular complexity index is 318. The number of amides is 1. The van der Waals surface area contributed by atoms with Crippen molar-refractivity contribution in [1.29, 1.82) is 0 Å². The van der Waals surface area contributed by atoms with Gasteiger partial charge in [-0.3, -0.25) is 4.79 Å². The van der Waals surface area contributed by atoms with E-state index in [4.69, 9.17) is 0 Å². The summed E-state index contributed by atoms with van der Waals surface area (Å²) < 4.78 is 0. The highest BCUT2D eigenvalue weighted by Gasteiger charge is 2.19. The first-order valence-electron chi connectivity index (χ1n) is 5.90. The summed E-state index contributed by atoms with van der Waals surface area (Å²) in [6.07, 6.45) is 4.27. The Morgan fingerprint density at radius 3 is 3.19 bits per heavy atom. The van der Waals surface area contributed by atoms with Crippen molar-refractivity contribution in [1.82, 2.24) is 10.6 Å². The summed E-state index contributed by atoms with van der Waals surface area (Å²) in [5, 5.41) is 8.32. The van der Waals surface area contributed by atoms with E-state index < -0.39 is 0 Å². The minimum absolute atomic E-state index is 0.0390. The standard InChI is InChI=1S/C12H18N2OS/c15-12(11-5-1-2-7-13-11)14-8-6-10-4-3-9-16-10/h3-4,9,11,13H,1-2,5-8H2,(H,14,15). The van der Waals surface area contributed by atoms with Crippen molar-refractivity contribution < 1.29 is 4.79 Å². The SMILES string of the molecule is O=C(NCCc1cccs1)C1CCCCN1. The molecule has 1 saturated heterocycles. The molecule has 1 aliphatic heterocycles. The molecule has 1 amide bonds. The molecule has 16 heavy (non-hydrogen) atoms. The molecule has 0 aromatic carbocycles. The topological polar surface area (TPSA) is 41.1 Å². The van der Waals surface area contributed by atoms with Crippen molar-refractivity contribution in [3.8, 4) is 0 Å². The zero-order chi connectivity index (χ0) is 11.2. The number of nitrogens with one attached hydrogen (secondary N) is 2. The highest BCUT2D eigenvalue weighted by molar-refractivity contribution is 7.09. The number of piperidine rings is 1. The summed E-state index contributed by atoms with van der Waals surface area (Å²) in [5.41, 5.74) is 0. The Labute approximate surface area is 100 Å². The van der Waals surface area contributed by atoms with Crippen LogP contribution in [0.15, 0.2) is 17.5 Å². The van der Waals surface area contributed by atoms with E-state index in [-0.39, 0.29) is 11.9 Å². The first-order valence-corrected chi connectivity index (χ1v) is 6.78. The maximum Gasteiger partial charge on any atom is 0.237 e. The first-order chi connectivity index (χ1) is 7.86. The lowest BCUT2D eigenvalue weighted by molar-refractivity contribution is -0.123. The highest BCUT2D eigenvalue weighted by Crippen LogP contribution is 2.09. The van der Waals surface area contributed by atoms with Gasteiger partial charge in [-0.15, -0.1) is 11.3 Å². The fourth-order valence-corrected chi connectivity index (χ4v) is 2.67. The summed E-state index contributed by atoms with van der Waals surface area (Å²) in [4.78, 5) is 13.1. The molecule has 1 fully saturated rings. The quantitative estimate of drug-likeness (QED) is 0.835. The zero-order valence-electron chi connectivity index (χ0n) is 9.37. The van der Waals surface area contributed by atoms with Crippen LogP contribution in [-0.2, 0) is 11.2 Å². The van der Waals surface area contributed by atoms with Crippen LogP contribution in [0, 0.1) is 0 Å². The monoisotopic (exact) mass is 238 g/mol. The lowest BCUT2D eigenvalue weighted by Gasteiger charge is -2.22. The molecule has 0 bridgehead atoms. The van der Waals surface area contributed by atoms with Gasteiger partial charge in [0.2, 0.25) is 5.91 Å². The van der Waals surface area contributed by atoms with Crippen molar-refractivity contribution in [2.75, 3.05) is 13.1 Å². The fraction of sp³-hybridized carbons (Fsp3) is 0.583. The van der Waals surface area contributed by atoms with Gasteiger partial charge in [-0.25, -0.2) is 0 Å². The molecule has 0 spiro atoms. The summed E-state index contributed by atoms with van der Waals surface area (Å²) in [5.74, 6) is 0.163. The smallest absolute Gasteiger partial charge is 0.237 e. The third-order valence-electron chi connectivity index (χ3n) is 2.88. The largest absolute Gasteiger partial charge is 0.354 e. The fourth-order valence-electron chi connectivity index (χ4n) is 1.96. The number of thiophene rings is 1. The van der Waals surface area contributed by atoms with E-state index in [1.807, 2.05) is 6.07 Å². The van der Waals surface area contributed by atoms with E-state index in [2.05, 4.69) is 22.1 Å². The lowest BCUT2D eigenvalue weighted by Crippen LogP contribution is -2.47. The average molecular weight is 238 g/mol. The van der Waals surface area contributed by atoms with Crippen LogP contribution in [-0.4, -0.2) is 25.0 Å². The zero-order valence-corrected chi connectivity index (χ0v) is 10.2. The predicted octanol–water partition coefficient (Wildman–Crippen LogP) is 1.55. The van der Waals surface area contributed by atoms with Crippen molar-refractivity contribution in [2.45, 2.75) is 31.7 Å². The Morgan fingerprint density at radius 2 is 2.50 bits per heavy atom. The van der Waals surface area contributed by atoms with Gasteiger partial charge in [-0.1, -0.05) is 12.5 Å². The van der Waals surface area contributed by atoms with Gasteiger partial charge in [-0.2, -0.15) is 0 Å². The second-order valence-electron chi connectivity index (χ2n) is 4.12. The maximum atomic E-state index is 11.8. The van der Waals surface area contributed by atoms with E-state index in [1.54, 1.807) is 11.3 Å². The molecule has 1 aromatic rings. The Hall–Kier alpha value is -0.870. The van der Waals surface area contributed by atoms with Gasteiger partial charge in [-0.05, 0) is 37.3 Å². The van der Waals surface area contributed by atoms with Crippen molar-refractivity contribution in [3.63, 3.8) is 0 Å². The minimum atomic E-state index is 0.0390. The maximum absolute atomic E-state index is 11.8. The minimum Gasteiger partial charge on any atom is -0.354 e. The number of carbonyl (C=O) groups excluding carboxylic acids is 1. The van der Waals surface area contributed by atoms with E-state index >= 15 is 0 Å². The molecular weight excluding hydrogens is 220 g/mol. The molecule has 0 radical (unpaired) electrons. The molecule has 3 nitrogen and oxygen atoms in total. The molecule has 2 heterocycles. The van der Waals surface area contributed by atoms with Gasteiger partial charge in [0.1, 0.15) is 0 Å². The number of hydrogen-bond donors (Lipinski definition) is 2. The Kier molecular flexibility index (Phi) is 4.36. The van der Waals surface area contributed by atoms with Crippen LogP contribution in [0.4, 0.5) is 0 Å². The van der Waals surface area contributed by atoms with Crippen LogP contribution in [0.25, 0.3) is 0 Å². The number of hydrogen-bond acceptors (Lipinski definition) is 3. The second kappa shape index (κ2) is 6.01. The number of rotatable bonds is 4. The number of carbonyl (C=O) groups is 1. The molecule has 2 rings (SSSR count). The second-order valence-corrected chi connectivity index (χ2v) is 5.16. The molecule has 88 valence electrons. The van der Waals surface area contributed by atoms with E-state index in [9.17, 15) is 4.79 Å². The average Bonchev–Trinajstić information content (AvgIpc) is 2.83.